The molecule has 0 spiro atoms. The van der Waals surface area contributed by atoms with E-state index in [0.717, 1.165) is 12.1 Å². The summed E-state index contributed by atoms with van der Waals surface area (Å²) in [5, 5.41) is 8.75. The predicted molar refractivity (Wildman–Crippen MR) is 167 cm³/mol. The zero-order chi connectivity index (χ0) is 24.0. The van der Waals surface area contributed by atoms with Crippen molar-refractivity contribution >= 4 is 5.97 Å². The smallest absolute Gasteiger partial charge is 0.335 e. The van der Waals surface area contributed by atoms with Crippen molar-refractivity contribution in [1.82, 2.24) is 0 Å². The summed E-state index contributed by atoms with van der Waals surface area (Å²) in [4.78, 5) is 10.7. The molecule has 190 valence electrons. The van der Waals surface area contributed by atoms with Crippen LogP contribution in [0.25, 0.3) is 0 Å². The SMILES string of the molecule is C#CC#CC#CC#CC#CC#CC#CC#CC#CC#CC#COc1ccc(C(=O)O)cc1F.[HH].[HH].[HH].[HH].[HH].[HH].[HH].[HH].[HH].[HH].[HH].[HH].[HH].[HH].[HH].[HH].[HH].[HH].[HH].[HH].[HH].[HH]. The lowest BCUT2D eigenvalue weighted by Gasteiger charge is -1.99. The molecule has 4 heteroatoms. The number of hydrogen-bond acceptors (Lipinski definition) is 2. The number of aromatic carboxylic acids is 1. The first-order valence-corrected chi connectivity index (χ1v) is 8.30. The third-order valence-corrected chi connectivity index (χ3v) is 2.59. The fraction of sp³-hybridized carbons (Fsp3) is 0. The van der Waals surface area contributed by atoms with E-state index in [9.17, 15) is 9.18 Å². The molecule has 0 atom stereocenters. The maximum absolute atomic E-state index is 13.6. The molecule has 0 aliphatic carbocycles. The van der Waals surface area contributed by atoms with Gasteiger partial charge in [0.25, 0.3) is 0 Å². The molecule has 0 amide bonds. The lowest BCUT2D eigenvalue weighted by Crippen LogP contribution is -1.97. The second kappa shape index (κ2) is 16.5. The summed E-state index contributed by atoms with van der Waals surface area (Å²) < 4.78 is 18.4. The van der Waals surface area contributed by atoms with Crippen molar-refractivity contribution in [2.24, 2.45) is 0 Å². The van der Waals surface area contributed by atoms with Crippen LogP contribution in [0, 0.1) is 137 Å². The Labute approximate surface area is 224 Å². The largest absolute Gasteiger partial charge is 0.478 e. The Kier molecular flexibility index (Phi) is 12.3. The molecule has 0 fully saturated rings. The molecule has 0 saturated heterocycles. The van der Waals surface area contributed by atoms with E-state index in [4.69, 9.17) is 16.3 Å². The first-order chi connectivity index (χ1) is 16.1. The molecule has 0 bridgehead atoms. The maximum atomic E-state index is 13.6. The monoisotopic (exact) mass is 464 g/mol. The standard InChI is InChI=1S/C29H5FO3.22H2/c1-2-3-4-5-6-7-8-9-10-11-12-13-14-15-16-17-18-19-20-21-24-33-28-23-22-26(29(31)32)25-27(28)30;;;;;;;;;;;;;;;;;;;;;;/h1,22-23,25H,(H,31,32);22*1H. The molecule has 0 heterocycles. The van der Waals surface area contributed by atoms with Crippen molar-refractivity contribution in [2.45, 2.75) is 0 Å². The van der Waals surface area contributed by atoms with Crippen LogP contribution in [0.3, 0.4) is 0 Å². The van der Waals surface area contributed by atoms with Gasteiger partial charge < -0.3 is 9.84 Å². The van der Waals surface area contributed by atoms with Gasteiger partial charge in [0.2, 0.25) is 0 Å². The first-order valence-electron chi connectivity index (χ1n) is 8.30. The molecule has 1 aromatic rings. The Morgan fingerprint density at radius 2 is 1.12 bits per heavy atom. The normalized spacial score (nSPS) is 5.94. The van der Waals surface area contributed by atoms with Gasteiger partial charge in [-0.2, -0.15) is 0 Å². The van der Waals surface area contributed by atoms with Crippen LogP contribution in [0.5, 0.6) is 5.75 Å². The van der Waals surface area contributed by atoms with E-state index in [0.29, 0.717) is 0 Å². The number of carbonyl (C=O) groups is 1. The van der Waals surface area contributed by atoms with Crippen LogP contribution in [0.4, 0.5) is 4.39 Å². The zero-order valence-electron chi connectivity index (χ0n) is 16.5. The molecule has 1 aromatic carbocycles. The minimum atomic E-state index is -1.25. The Morgan fingerprint density at radius 3 is 1.48 bits per heavy atom. The van der Waals surface area contributed by atoms with E-state index >= 15 is 0 Å². The molecule has 1 N–H and O–H groups in total. The quantitative estimate of drug-likeness (QED) is 0.482. The molecule has 33 heavy (non-hydrogen) atoms. The Hall–Kier alpha value is -6.42. The third kappa shape index (κ3) is 12.6. The molecular formula is C29H49FO3. The van der Waals surface area contributed by atoms with Crippen molar-refractivity contribution in [1.29, 1.82) is 0 Å². The van der Waals surface area contributed by atoms with Crippen LogP contribution in [0.2, 0.25) is 0 Å². The van der Waals surface area contributed by atoms with Gasteiger partial charge in [0.05, 0.1) is 5.56 Å². The maximum Gasteiger partial charge on any atom is 0.335 e. The van der Waals surface area contributed by atoms with Gasteiger partial charge >= 0.3 is 5.97 Å². The first kappa shape index (κ1) is 24.6. The Balaban J connectivity index is -0.0000000247. The molecule has 3 nitrogen and oxygen atoms in total. The van der Waals surface area contributed by atoms with E-state index in [1.807, 2.05) is 0 Å². The molecule has 0 radical (unpaired) electrons. The van der Waals surface area contributed by atoms with E-state index in [1.165, 1.54) is 6.07 Å². The summed E-state index contributed by atoms with van der Waals surface area (Å²) in [6.45, 7) is 0. The summed E-state index contributed by atoms with van der Waals surface area (Å²) in [7, 11) is 0. The molecule has 0 aliphatic rings. The summed E-state index contributed by atoms with van der Waals surface area (Å²) in [5.41, 5.74) is -0.203. The molecule has 0 aromatic heterocycles. The Morgan fingerprint density at radius 1 is 0.727 bits per heavy atom. The van der Waals surface area contributed by atoms with Gasteiger partial charge in [-0.3, -0.25) is 0 Å². The van der Waals surface area contributed by atoms with Gasteiger partial charge in [0, 0.05) is 102 Å². The van der Waals surface area contributed by atoms with Crippen molar-refractivity contribution < 1.29 is 50.4 Å². The molecule has 0 saturated carbocycles. The van der Waals surface area contributed by atoms with Gasteiger partial charge in [-0.1, -0.05) is 0 Å². The number of ether oxygens (including phenoxy) is 1. The highest BCUT2D eigenvalue weighted by atomic mass is 19.1. The van der Waals surface area contributed by atoms with Crippen LogP contribution in [-0.4, -0.2) is 11.1 Å². The molecule has 0 unspecified atom stereocenters. The van der Waals surface area contributed by atoms with Crippen LogP contribution in [0.1, 0.15) is 41.7 Å². The Bertz CT molecular complexity index is 1690. The second-order valence-corrected chi connectivity index (χ2v) is 4.67. The number of carboxylic acid groups (broad SMARTS) is 1. The third-order valence-electron chi connectivity index (χ3n) is 2.59. The van der Waals surface area contributed by atoms with E-state index in [1.54, 1.807) is 0 Å². The lowest BCUT2D eigenvalue weighted by molar-refractivity contribution is 0.0696. The van der Waals surface area contributed by atoms with Crippen LogP contribution in [-0.2, 0) is 0 Å². The fourth-order valence-corrected chi connectivity index (χ4v) is 1.39. The predicted octanol–water partition coefficient (Wildman–Crippen LogP) is 6.94. The van der Waals surface area contributed by atoms with Gasteiger partial charge in [-0.05, 0) is 65.6 Å². The van der Waals surface area contributed by atoms with Crippen molar-refractivity contribution in [3.05, 3.63) is 29.6 Å². The van der Waals surface area contributed by atoms with Crippen molar-refractivity contribution in [3.8, 4) is 137 Å². The van der Waals surface area contributed by atoms with Crippen LogP contribution >= 0.6 is 0 Å². The average molecular weight is 465 g/mol. The number of hydrogen-bond donors (Lipinski definition) is 1. The molecular weight excluding hydrogens is 415 g/mol. The van der Waals surface area contributed by atoms with E-state index in [2.05, 4.69) is 125 Å². The van der Waals surface area contributed by atoms with Gasteiger partial charge in [0.1, 0.15) is 6.11 Å². The van der Waals surface area contributed by atoms with Gasteiger partial charge in [-0.15, -0.1) is 6.42 Å². The minimum Gasteiger partial charge on any atom is -0.478 e. The minimum absolute atomic E-state index is 0. The van der Waals surface area contributed by atoms with E-state index < -0.39 is 11.8 Å². The number of carboxylic acids is 1. The van der Waals surface area contributed by atoms with Gasteiger partial charge in [0.15, 0.2) is 11.6 Å². The second-order valence-electron chi connectivity index (χ2n) is 4.67. The van der Waals surface area contributed by atoms with Crippen LogP contribution < -0.4 is 4.74 Å². The molecule has 0 aliphatic heterocycles. The summed E-state index contributed by atoms with van der Waals surface area (Å²) in [6, 6.07) is 3.16. The summed E-state index contributed by atoms with van der Waals surface area (Å²) in [6.07, 6.45) is 7.07. The highest BCUT2D eigenvalue weighted by Gasteiger charge is 2.08. The highest BCUT2D eigenvalue weighted by Crippen LogP contribution is 2.17. The summed E-state index contributed by atoms with van der Waals surface area (Å²) in [5.74, 6) is 45.7. The zero-order valence-corrected chi connectivity index (χ0v) is 16.5. The number of terminal acetylenes is 1. The average Bonchev–Trinajstić information content (AvgIpc) is 2.80. The number of halogens is 1. The van der Waals surface area contributed by atoms with Crippen LogP contribution in [0.15, 0.2) is 18.2 Å². The molecule has 1 rings (SSSR count). The van der Waals surface area contributed by atoms with Crippen molar-refractivity contribution in [2.75, 3.05) is 0 Å². The highest BCUT2D eigenvalue weighted by molar-refractivity contribution is 5.87. The fourth-order valence-electron chi connectivity index (χ4n) is 1.39. The summed E-state index contributed by atoms with van der Waals surface area (Å²) >= 11 is 0. The lowest BCUT2D eigenvalue weighted by atomic mass is 10.2. The van der Waals surface area contributed by atoms with Gasteiger partial charge in [-0.25, -0.2) is 9.18 Å². The van der Waals surface area contributed by atoms with Crippen molar-refractivity contribution in [3.63, 3.8) is 0 Å². The number of benzene rings is 1. The topological polar surface area (TPSA) is 46.5 Å². The number of rotatable bonds is 2. The van der Waals surface area contributed by atoms with E-state index in [-0.39, 0.29) is 42.7 Å².